The number of allylic oxidation sites excluding steroid dienone is 1. The molecule has 0 radical (unpaired) electrons. The molecule has 0 spiro atoms. The molecule has 0 unspecified atom stereocenters. The van der Waals surface area contributed by atoms with Crippen LogP contribution in [0, 0.1) is 0 Å². The van der Waals surface area contributed by atoms with Crippen LogP contribution in [0.25, 0.3) is 10.4 Å². The Morgan fingerprint density at radius 2 is 1.81 bits per heavy atom. The summed E-state index contributed by atoms with van der Waals surface area (Å²) in [6, 6.07) is 19.2. The van der Waals surface area contributed by atoms with Crippen molar-refractivity contribution in [3.63, 3.8) is 0 Å². The molecule has 1 amide bonds. The van der Waals surface area contributed by atoms with Gasteiger partial charge in [0.05, 0.1) is 12.1 Å². The maximum Gasteiger partial charge on any atom is 0.242 e. The summed E-state index contributed by atoms with van der Waals surface area (Å²) in [5.74, 6) is -0.162. The number of rotatable bonds is 6. The van der Waals surface area contributed by atoms with E-state index in [1.165, 1.54) is 0 Å². The van der Waals surface area contributed by atoms with Crippen molar-refractivity contribution >= 4 is 5.91 Å². The van der Waals surface area contributed by atoms with Gasteiger partial charge < -0.3 is 4.90 Å². The number of carbonyl (C=O) groups is 1. The quantitative estimate of drug-likeness (QED) is 0.229. The highest BCUT2D eigenvalue weighted by molar-refractivity contribution is 5.97. The standard InChI is InChI=1S/C21H22N4O/c1-3-4-15-21(23-24-22)19(18-13-9-6-10-14-18)25(20(21)26)16(2)17-11-7-5-8-12-17/h4-16,19H,3H2,1-2H3/b15-4+/t16-,19-,21-/m0/s1. The summed E-state index contributed by atoms with van der Waals surface area (Å²) >= 11 is 0. The van der Waals surface area contributed by atoms with Crippen molar-refractivity contribution in [1.29, 1.82) is 0 Å². The van der Waals surface area contributed by atoms with Gasteiger partial charge in [0, 0.05) is 4.91 Å². The highest BCUT2D eigenvalue weighted by atomic mass is 16.2. The number of azide groups is 1. The number of carbonyl (C=O) groups excluding carboxylic acids is 1. The van der Waals surface area contributed by atoms with E-state index in [1.54, 1.807) is 6.08 Å². The molecule has 0 bridgehead atoms. The van der Waals surface area contributed by atoms with E-state index in [9.17, 15) is 4.79 Å². The molecule has 0 N–H and O–H groups in total. The molecule has 0 saturated carbocycles. The van der Waals surface area contributed by atoms with Crippen molar-refractivity contribution in [1.82, 2.24) is 4.90 Å². The number of hydrogen-bond donors (Lipinski definition) is 0. The van der Waals surface area contributed by atoms with Crippen LogP contribution in [0.4, 0.5) is 0 Å². The lowest BCUT2D eigenvalue weighted by molar-refractivity contribution is -0.160. The van der Waals surface area contributed by atoms with Crippen LogP contribution in [-0.4, -0.2) is 16.3 Å². The first-order valence-corrected chi connectivity index (χ1v) is 8.82. The number of likely N-dealkylation sites (tertiary alicyclic amines) is 1. The van der Waals surface area contributed by atoms with Gasteiger partial charge >= 0.3 is 0 Å². The number of β-lactam (4-membered cyclic amide) rings is 1. The van der Waals surface area contributed by atoms with Gasteiger partial charge in [-0.1, -0.05) is 84.9 Å². The second-order valence-corrected chi connectivity index (χ2v) is 6.44. The van der Waals surface area contributed by atoms with Gasteiger partial charge in [-0.2, -0.15) is 0 Å². The summed E-state index contributed by atoms with van der Waals surface area (Å²) in [5.41, 5.74) is 9.96. The van der Waals surface area contributed by atoms with E-state index < -0.39 is 5.54 Å². The molecule has 3 atom stereocenters. The molecular weight excluding hydrogens is 324 g/mol. The Labute approximate surface area is 153 Å². The molecule has 2 aromatic rings. The average molecular weight is 346 g/mol. The largest absolute Gasteiger partial charge is 0.326 e. The maximum atomic E-state index is 13.2. The topological polar surface area (TPSA) is 69.1 Å². The molecule has 0 aliphatic carbocycles. The van der Waals surface area contributed by atoms with Crippen molar-refractivity contribution < 1.29 is 4.79 Å². The van der Waals surface area contributed by atoms with Crippen LogP contribution in [0.2, 0.25) is 0 Å². The van der Waals surface area contributed by atoms with Crippen LogP contribution in [-0.2, 0) is 4.79 Å². The molecule has 2 aromatic carbocycles. The lowest BCUT2D eigenvalue weighted by Crippen LogP contribution is -2.66. The molecular formula is C21H22N4O. The zero-order valence-electron chi connectivity index (χ0n) is 15.0. The molecule has 26 heavy (non-hydrogen) atoms. The molecule has 3 rings (SSSR count). The van der Waals surface area contributed by atoms with Crippen molar-refractivity contribution in [2.24, 2.45) is 5.11 Å². The average Bonchev–Trinajstić information content (AvgIpc) is 2.69. The first-order valence-electron chi connectivity index (χ1n) is 8.82. The predicted octanol–water partition coefficient (Wildman–Crippen LogP) is 5.35. The number of hydrogen-bond acceptors (Lipinski definition) is 2. The SMILES string of the molecule is CC/C=C/[C@@]1(N=[N+]=[N-])C(=O)N([C@@H](C)c2ccccc2)[C@H]1c1ccccc1. The van der Waals surface area contributed by atoms with E-state index in [4.69, 9.17) is 5.53 Å². The van der Waals surface area contributed by atoms with E-state index in [0.29, 0.717) is 0 Å². The smallest absolute Gasteiger partial charge is 0.242 e. The summed E-state index contributed by atoms with van der Waals surface area (Å²) in [6.45, 7) is 4.00. The summed E-state index contributed by atoms with van der Waals surface area (Å²) in [4.78, 5) is 18.0. The van der Waals surface area contributed by atoms with Crippen molar-refractivity contribution in [2.75, 3.05) is 0 Å². The van der Waals surface area contributed by atoms with Crippen LogP contribution in [0.1, 0.15) is 43.5 Å². The van der Waals surface area contributed by atoms with Crippen LogP contribution in [0.15, 0.2) is 77.9 Å². The van der Waals surface area contributed by atoms with Gasteiger partial charge in [-0.15, -0.1) is 0 Å². The third-order valence-corrected chi connectivity index (χ3v) is 4.90. The molecule has 1 fully saturated rings. The zero-order chi connectivity index (χ0) is 18.6. The summed E-state index contributed by atoms with van der Waals surface area (Å²) in [6.07, 6.45) is 4.43. The molecule has 5 nitrogen and oxygen atoms in total. The van der Waals surface area contributed by atoms with E-state index in [-0.39, 0.29) is 18.0 Å². The second-order valence-electron chi connectivity index (χ2n) is 6.44. The summed E-state index contributed by atoms with van der Waals surface area (Å²) in [7, 11) is 0. The minimum absolute atomic E-state index is 0.119. The van der Waals surface area contributed by atoms with Crippen LogP contribution < -0.4 is 0 Å². The Hall–Kier alpha value is -3.04. The van der Waals surface area contributed by atoms with Gasteiger partial charge in [-0.25, -0.2) is 0 Å². The zero-order valence-corrected chi connectivity index (χ0v) is 15.0. The van der Waals surface area contributed by atoms with Gasteiger partial charge in [0.1, 0.15) is 0 Å². The lowest BCUT2D eigenvalue weighted by Gasteiger charge is -2.55. The number of nitrogens with zero attached hydrogens (tertiary/aromatic N) is 4. The lowest BCUT2D eigenvalue weighted by atomic mass is 9.73. The van der Waals surface area contributed by atoms with Crippen LogP contribution in [0.5, 0.6) is 0 Å². The fourth-order valence-electron chi connectivity index (χ4n) is 3.59. The highest BCUT2D eigenvalue weighted by Gasteiger charge is 2.60. The molecule has 1 aliphatic heterocycles. The molecule has 1 heterocycles. The fourth-order valence-corrected chi connectivity index (χ4v) is 3.59. The van der Waals surface area contributed by atoms with E-state index in [1.807, 2.05) is 85.5 Å². The van der Waals surface area contributed by atoms with E-state index >= 15 is 0 Å². The third-order valence-electron chi connectivity index (χ3n) is 4.90. The van der Waals surface area contributed by atoms with Gasteiger partial charge in [0.15, 0.2) is 5.54 Å². The monoisotopic (exact) mass is 346 g/mol. The maximum absolute atomic E-state index is 13.2. The van der Waals surface area contributed by atoms with Gasteiger partial charge in [0.2, 0.25) is 5.91 Å². The molecule has 1 aliphatic rings. The minimum Gasteiger partial charge on any atom is -0.326 e. The Morgan fingerprint density at radius 1 is 1.19 bits per heavy atom. The Balaban J connectivity index is 2.09. The minimum atomic E-state index is -1.20. The molecule has 1 saturated heterocycles. The molecule has 5 heteroatoms. The second kappa shape index (κ2) is 7.46. The van der Waals surface area contributed by atoms with Gasteiger partial charge in [0.25, 0.3) is 0 Å². The highest BCUT2D eigenvalue weighted by Crippen LogP contribution is 2.51. The number of benzene rings is 2. The van der Waals surface area contributed by atoms with E-state index in [0.717, 1.165) is 17.5 Å². The molecule has 0 aromatic heterocycles. The van der Waals surface area contributed by atoms with Crippen molar-refractivity contribution in [3.8, 4) is 0 Å². The van der Waals surface area contributed by atoms with Crippen LogP contribution in [0.3, 0.4) is 0 Å². The first kappa shape index (κ1) is 17.8. The molecule has 132 valence electrons. The fraction of sp³-hybridized carbons (Fsp3) is 0.286. The summed E-state index contributed by atoms with van der Waals surface area (Å²) < 4.78 is 0. The van der Waals surface area contributed by atoms with Crippen molar-refractivity contribution in [2.45, 2.75) is 37.9 Å². The predicted molar refractivity (Wildman–Crippen MR) is 102 cm³/mol. The van der Waals surface area contributed by atoms with Crippen molar-refractivity contribution in [3.05, 3.63) is 94.4 Å². The Morgan fingerprint density at radius 3 is 2.38 bits per heavy atom. The van der Waals surface area contributed by atoms with E-state index in [2.05, 4.69) is 10.0 Å². The van der Waals surface area contributed by atoms with Gasteiger partial charge in [-0.05, 0) is 30.0 Å². The number of amides is 1. The Bertz CT molecular complexity index is 843. The Kier molecular flexibility index (Phi) is 5.10. The first-order chi connectivity index (χ1) is 12.7. The third kappa shape index (κ3) is 2.87. The normalized spacial score (nSPS) is 23.4. The summed E-state index contributed by atoms with van der Waals surface area (Å²) in [5, 5.41) is 3.97. The van der Waals surface area contributed by atoms with Gasteiger partial charge in [-0.3, -0.25) is 4.79 Å². The van der Waals surface area contributed by atoms with Crippen LogP contribution >= 0.6 is 0 Å².